The molecule has 0 aliphatic carbocycles. The Labute approximate surface area is 173 Å². The molecule has 0 saturated carbocycles. The van der Waals surface area contributed by atoms with E-state index in [0.717, 1.165) is 4.90 Å². The van der Waals surface area contributed by atoms with Crippen LogP contribution in [0.3, 0.4) is 0 Å². The summed E-state index contributed by atoms with van der Waals surface area (Å²) >= 11 is 0. The Balaban J connectivity index is 1.72. The van der Waals surface area contributed by atoms with Crippen LogP contribution in [0, 0.1) is 0 Å². The Morgan fingerprint density at radius 1 is 0.967 bits per heavy atom. The molecule has 1 aliphatic rings. The molecule has 30 heavy (non-hydrogen) atoms. The molecule has 0 unspecified atom stereocenters. The van der Waals surface area contributed by atoms with E-state index < -0.39 is 24.5 Å². The second-order valence-corrected chi connectivity index (χ2v) is 6.79. The van der Waals surface area contributed by atoms with Gasteiger partial charge in [0.15, 0.2) is 5.78 Å². The molecule has 0 fully saturated rings. The summed E-state index contributed by atoms with van der Waals surface area (Å²) in [6, 6.07) is 22.2. The Morgan fingerprint density at radius 3 is 2.47 bits per heavy atom. The molecule has 3 aromatic rings. The molecule has 0 N–H and O–H groups in total. The van der Waals surface area contributed by atoms with Crippen LogP contribution in [0.4, 0.5) is 0 Å². The molecule has 6 nitrogen and oxygen atoms in total. The molecule has 0 saturated heterocycles. The first-order valence-corrected chi connectivity index (χ1v) is 9.42. The smallest absolute Gasteiger partial charge is 0.275 e. The van der Waals surface area contributed by atoms with Crippen LogP contribution in [-0.4, -0.2) is 36.2 Å². The minimum absolute atomic E-state index is 0.239. The quantitative estimate of drug-likeness (QED) is 0.482. The first-order valence-electron chi connectivity index (χ1n) is 9.42. The molecule has 150 valence electrons. The van der Waals surface area contributed by atoms with Gasteiger partial charge in [-0.2, -0.15) is 0 Å². The minimum Gasteiger partial charge on any atom is -0.497 e. The second-order valence-electron chi connectivity index (χ2n) is 6.79. The van der Waals surface area contributed by atoms with E-state index in [2.05, 4.69) is 0 Å². The fourth-order valence-electron chi connectivity index (χ4n) is 3.33. The molecule has 0 bridgehead atoms. The summed E-state index contributed by atoms with van der Waals surface area (Å²) in [7, 11) is 1.50. The first kappa shape index (κ1) is 19.4. The first-order chi connectivity index (χ1) is 14.6. The summed E-state index contributed by atoms with van der Waals surface area (Å²) in [4.78, 5) is 40.3. The third-order valence-electron chi connectivity index (χ3n) is 4.89. The van der Waals surface area contributed by atoms with Crippen LogP contribution < -0.4 is 9.47 Å². The molecule has 2 amide bonds. The van der Waals surface area contributed by atoms with Gasteiger partial charge < -0.3 is 9.47 Å². The summed E-state index contributed by atoms with van der Waals surface area (Å²) in [5, 5.41) is 0. The Bertz CT molecular complexity index is 1110. The predicted molar refractivity (Wildman–Crippen MR) is 110 cm³/mol. The molecule has 1 atom stereocenters. The number of methoxy groups -OCH3 is 1. The molecule has 0 aromatic heterocycles. The lowest BCUT2D eigenvalue weighted by Gasteiger charge is -2.22. The number of benzene rings is 3. The number of carbonyl (C=O) groups excluding carboxylic acids is 3. The number of para-hydroxylation sites is 1. The average molecular weight is 401 g/mol. The van der Waals surface area contributed by atoms with E-state index >= 15 is 0 Å². The van der Waals surface area contributed by atoms with Crippen molar-refractivity contribution in [2.24, 2.45) is 0 Å². The van der Waals surface area contributed by atoms with Crippen LogP contribution in [0.25, 0.3) is 0 Å². The van der Waals surface area contributed by atoms with Gasteiger partial charge in [-0.05, 0) is 24.3 Å². The summed E-state index contributed by atoms with van der Waals surface area (Å²) in [5.41, 5.74) is 1.19. The fraction of sp³-hybridized carbons (Fsp3) is 0.125. The molecular formula is C24H19NO5. The maximum Gasteiger partial charge on any atom is 0.275 e. The summed E-state index contributed by atoms with van der Waals surface area (Å²) < 4.78 is 11.1. The minimum atomic E-state index is -1.03. The van der Waals surface area contributed by atoms with Gasteiger partial charge >= 0.3 is 0 Å². The van der Waals surface area contributed by atoms with Gasteiger partial charge in [0.25, 0.3) is 11.8 Å². The van der Waals surface area contributed by atoms with Crippen LogP contribution >= 0.6 is 0 Å². The molecule has 1 aliphatic heterocycles. The molecule has 6 heteroatoms. The number of hydrogen-bond donors (Lipinski definition) is 0. The SMILES string of the molecule is COc1cccc(C(=O)CN2C(=O)c3ccccc3O[C@H](c3ccccc3)C2=O)c1. The van der Waals surface area contributed by atoms with Gasteiger partial charge in [0.2, 0.25) is 6.10 Å². The maximum absolute atomic E-state index is 13.3. The zero-order valence-corrected chi connectivity index (χ0v) is 16.3. The molecule has 1 heterocycles. The monoisotopic (exact) mass is 401 g/mol. The zero-order chi connectivity index (χ0) is 21.1. The predicted octanol–water partition coefficient (Wildman–Crippen LogP) is 3.68. The van der Waals surface area contributed by atoms with Crippen molar-refractivity contribution in [2.45, 2.75) is 6.10 Å². The number of rotatable bonds is 5. The highest BCUT2D eigenvalue weighted by molar-refractivity contribution is 6.12. The lowest BCUT2D eigenvalue weighted by molar-refractivity contribution is -0.135. The van der Waals surface area contributed by atoms with Gasteiger partial charge in [0.05, 0.1) is 19.2 Å². The molecule has 0 spiro atoms. The number of ketones is 1. The van der Waals surface area contributed by atoms with Gasteiger partial charge in [-0.25, -0.2) is 0 Å². The number of carbonyl (C=O) groups is 3. The van der Waals surface area contributed by atoms with E-state index in [1.54, 1.807) is 72.8 Å². The highest BCUT2D eigenvalue weighted by Gasteiger charge is 2.38. The van der Waals surface area contributed by atoms with Crippen molar-refractivity contribution < 1.29 is 23.9 Å². The van der Waals surface area contributed by atoms with E-state index in [0.29, 0.717) is 22.6 Å². The fourth-order valence-corrected chi connectivity index (χ4v) is 3.33. The van der Waals surface area contributed by atoms with E-state index in [1.165, 1.54) is 7.11 Å². The van der Waals surface area contributed by atoms with Crippen LogP contribution in [0.5, 0.6) is 11.5 Å². The molecule has 0 radical (unpaired) electrons. The van der Waals surface area contributed by atoms with Gasteiger partial charge in [-0.3, -0.25) is 19.3 Å². The average Bonchev–Trinajstić information content (AvgIpc) is 2.90. The van der Waals surface area contributed by atoms with Gasteiger partial charge in [-0.15, -0.1) is 0 Å². The zero-order valence-electron chi connectivity index (χ0n) is 16.3. The summed E-state index contributed by atoms with van der Waals surface area (Å²) in [5.74, 6) is -0.697. The van der Waals surface area contributed by atoms with Gasteiger partial charge in [0, 0.05) is 11.1 Å². The van der Waals surface area contributed by atoms with Crippen molar-refractivity contribution in [1.82, 2.24) is 4.90 Å². The van der Waals surface area contributed by atoms with Crippen LogP contribution in [-0.2, 0) is 4.79 Å². The molecule has 4 rings (SSSR count). The van der Waals surface area contributed by atoms with Crippen molar-refractivity contribution >= 4 is 17.6 Å². The topological polar surface area (TPSA) is 72.9 Å². The number of nitrogens with zero attached hydrogens (tertiary/aromatic N) is 1. The van der Waals surface area contributed by atoms with E-state index in [4.69, 9.17) is 9.47 Å². The van der Waals surface area contributed by atoms with E-state index in [9.17, 15) is 14.4 Å². The highest BCUT2D eigenvalue weighted by atomic mass is 16.5. The van der Waals surface area contributed by atoms with Crippen molar-refractivity contribution in [3.8, 4) is 11.5 Å². The van der Waals surface area contributed by atoms with Crippen LogP contribution in [0.2, 0.25) is 0 Å². The lowest BCUT2D eigenvalue weighted by atomic mass is 10.1. The van der Waals surface area contributed by atoms with Crippen molar-refractivity contribution in [2.75, 3.05) is 13.7 Å². The summed E-state index contributed by atoms with van der Waals surface area (Å²) in [6.45, 7) is -0.397. The number of fused-ring (bicyclic) bond motifs is 1. The Morgan fingerprint density at radius 2 is 1.70 bits per heavy atom. The number of ether oxygens (including phenoxy) is 2. The molecular weight excluding hydrogens is 382 g/mol. The van der Waals surface area contributed by atoms with Gasteiger partial charge in [-0.1, -0.05) is 54.6 Å². The Kier molecular flexibility index (Phi) is 5.30. The normalized spacial score (nSPS) is 15.8. The lowest BCUT2D eigenvalue weighted by Crippen LogP contribution is -2.42. The second kappa shape index (κ2) is 8.21. The van der Waals surface area contributed by atoms with Crippen molar-refractivity contribution in [1.29, 1.82) is 0 Å². The highest BCUT2D eigenvalue weighted by Crippen LogP contribution is 2.32. The number of amides is 2. The van der Waals surface area contributed by atoms with E-state index in [-0.39, 0.29) is 11.3 Å². The third-order valence-corrected chi connectivity index (χ3v) is 4.89. The summed E-state index contributed by atoms with van der Waals surface area (Å²) in [6.07, 6.45) is -1.03. The van der Waals surface area contributed by atoms with E-state index in [1.807, 2.05) is 6.07 Å². The molecule has 3 aromatic carbocycles. The standard InChI is InChI=1S/C24H19NO5/c1-29-18-11-7-10-17(14-18)20(26)15-25-23(27)19-12-5-6-13-21(19)30-22(24(25)28)16-8-3-2-4-9-16/h2-14,22H,15H2,1H3/t22-/m1/s1. The number of Topliss-reactive ketones (excluding diaryl/α,β-unsaturated/α-hetero) is 1. The van der Waals surface area contributed by atoms with Crippen molar-refractivity contribution in [3.63, 3.8) is 0 Å². The van der Waals surface area contributed by atoms with Crippen LogP contribution in [0.1, 0.15) is 32.4 Å². The number of imide groups is 1. The third kappa shape index (κ3) is 3.67. The van der Waals surface area contributed by atoms with Crippen LogP contribution in [0.15, 0.2) is 78.9 Å². The Hall–Kier alpha value is -3.93. The maximum atomic E-state index is 13.3. The van der Waals surface area contributed by atoms with Gasteiger partial charge in [0.1, 0.15) is 11.5 Å². The number of hydrogen-bond acceptors (Lipinski definition) is 5. The van der Waals surface area contributed by atoms with Crippen molar-refractivity contribution in [3.05, 3.63) is 95.6 Å². The largest absolute Gasteiger partial charge is 0.497 e.